The summed E-state index contributed by atoms with van der Waals surface area (Å²) >= 11 is 0. The number of carbonyl (C=O) groups is 1. The third kappa shape index (κ3) is 2.26. The Morgan fingerprint density at radius 2 is 2.24 bits per heavy atom. The van der Waals surface area contributed by atoms with Crippen molar-refractivity contribution in [3.8, 4) is 0 Å². The number of nitrogens with zero attached hydrogens (tertiary/aromatic N) is 2. The van der Waals surface area contributed by atoms with Crippen LogP contribution in [0.2, 0.25) is 0 Å². The predicted molar refractivity (Wildman–Crippen MR) is 61.5 cm³/mol. The van der Waals surface area contributed by atoms with Gasteiger partial charge in [-0.1, -0.05) is 18.2 Å². The van der Waals surface area contributed by atoms with E-state index in [-0.39, 0.29) is 11.7 Å². The summed E-state index contributed by atoms with van der Waals surface area (Å²) in [4.78, 5) is 23.1. The number of nitro groups is 1. The lowest BCUT2D eigenvalue weighted by Gasteiger charge is -2.33. The second-order valence-electron chi connectivity index (χ2n) is 3.88. The van der Waals surface area contributed by atoms with Gasteiger partial charge in [0.15, 0.2) is 0 Å². The number of benzene rings is 1. The molecule has 1 aromatic rings. The third-order valence-corrected chi connectivity index (χ3v) is 2.91. The van der Waals surface area contributed by atoms with Crippen molar-refractivity contribution in [1.29, 1.82) is 0 Å². The smallest absolute Gasteiger partial charge is 0.274 e. The molecule has 0 aliphatic carbocycles. The van der Waals surface area contributed by atoms with E-state index in [0.29, 0.717) is 18.7 Å². The minimum absolute atomic E-state index is 0.0630. The fraction of sp³-hybridized carbons (Fsp3) is 0.364. The van der Waals surface area contributed by atoms with Gasteiger partial charge in [-0.15, -0.1) is 0 Å². The van der Waals surface area contributed by atoms with Crippen molar-refractivity contribution in [3.05, 3.63) is 39.9 Å². The molecule has 6 nitrogen and oxygen atoms in total. The average Bonchev–Trinajstić information content (AvgIpc) is 2.38. The molecule has 0 saturated carbocycles. The molecule has 6 heteroatoms. The van der Waals surface area contributed by atoms with Crippen LogP contribution in [-0.2, 0) is 4.79 Å². The van der Waals surface area contributed by atoms with E-state index >= 15 is 0 Å². The number of nitrogens with one attached hydrogen (secondary N) is 1. The maximum atomic E-state index is 11.0. The summed E-state index contributed by atoms with van der Waals surface area (Å²) in [6, 6.07) is 6.28. The molecule has 1 aliphatic heterocycles. The van der Waals surface area contributed by atoms with Gasteiger partial charge >= 0.3 is 0 Å². The zero-order valence-electron chi connectivity index (χ0n) is 9.20. The van der Waals surface area contributed by atoms with E-state index < -0.39 is 4.92 Å². The standard InChI is InChI=1S/C11H13N3O3/c15-8-13-6-5-12-7-11(13)9-3-1-2-4-10(9)14(16)17/h1-4,8,11-12H,5-7H2. The maximum Gasteiger partial charge on any atom is 0.274 e. The molecule has 1 saturated heterocycles. The number of hydrogen-bond acceptors (Lipinski definition) is 4. The van der Waals surface area contributed by atoms with Crippen LogP contribution < -0.4 is 5.32 Å². The minimum Gasteiger partial charge on any atom is -0.335 e. The largest absolute Gasteiger partial charge is 0.335 e. The molecule has 0 radical (unpaired) electrons. The van der Waals surface area contributed by atoms with Crippen LogP contribution in [0.25, 0.3) is 0 Å². The first kappa shape index (κ1) is 11.5. The van der Waals surface area contributed by atoms with Crippen molar-refractivity contribution in [2.75, 3.05) is 19.6 Å². The first-order valence-electron chi connectivity index (χ1n) is 5.39. The molecule has 2 rings (SSSR count). The molecule has 17 heavy (non-hydrogen) atoms. The average molecular weight is 235 g/mol. The zero-order chi connectivity index (χ0) is 12.3. The highest BCUT2D eigenvalue weighted by Gasteiger charge is 2.28. The van der Waals surface area contributed by atoms with Crippen LogP contribution in [0.3, 0.4) is 0 Å². The van der Waals surface area contributed by atoms with Gasteiger partial charge in [0, 0.05) is 25.7 Å². The van der Waals surface area contributed by atoms with Crippen LogP contribution in [0.4, 0.5) is 5.69 Å². The summed E-state index contributed by atoms with van der Waals surface area (Å²) < 4.78 is 0. The van der Waals surface area contributed by atoms with Crippen LogP contribution >= 0.6 is 0 Å². The number of hydrogen-bond donors (Lipinski definition) is 1. The maximum absolute atomic E-state index is 11.0. The van der Waals surface area contributed by atoms with Gasteiger partial charge in [-0.2, -0.15) is 0 Å². The summed E-state index contributed by atoms with van der Waals surface area (Å²) in [7, 11) is 0. The highest BCUT2D eigenvalue weighted by Crippen LogP contribution is 2.28. The van der Waals surface area contributed by atoms with Crippen LogP contribution in [0.5, 0.6) is 0 Å². The SMILES string of the molecule is O=CN1CCNCC1c1ccccc1[N+](=O)[O-]. The van der Waals surface area contributed by atoms with Crippen LogP contribution in [0, 0.1) is 10.1 Å². The molecular weight excluding hydrogens is 222 g/mol. The van der Waals surface area contributed by atoms with Crippen LogP contribution in [0.1, 0.15) is 11.6 Å². The Kier molecular flexibility index (Phi) is 3.34. The van der Waals surface area contributed by atoms with E-state index in [0.717, 1.165) is 13.0 Å². The monoisotopic (exact) mass is 235 g/mol. The molecule has 0 bridgehead atoms. The Hall–Kier alpha value is -1.95. The first-order chi connectivity index (χ1) is 8.24. The molecule has 1 heterocycles. The van der Waals surface area contributed by atoms with E-state index in [4.69, 9.17) is 0 Å². The molecular formula is C11H13N3O3. The predicted octanol–water partition coefficient (Wildman–Crippen LogP) is 0.697. The molecule has 1 aromatic carbocycles. The number of nitro benzene ring substituents is 1. The molecule has 1 N–H and O–H groups in total. The van der Waals surface area contributed by atoms with Gasteiger partial charge in [0.1, 0.15) is 0 Å². The van der Waals surface area contributed by atoms with Crippen LogP contribution in [0.15, 0.2) is 24.3 Å². The molecule has 1 fully saturated rings. The number of rotatable bonds is 3. The van der Waals surface area contributed by atoms with Gasteiger partial charge in [-0.25, -0.2) is 0 Å². The summed E-state index contributed by atoms with van der Waals surface area (Å²) in [5.74, 6) is 0. The molecule has 0 spiro atoms. The van der Waals surface area contributed by atoms with Crippen molar-refractivity contribution >= 4 is 12.1 Å². The Balaban J connectivity index is 2.37. The van der Waals surface area contributed by atoms with Crippen molar-refractivity contribution in [3.63, 3.8) is 0 Å². The normalized spacial score (nSPS) is 20.0. The lowest BCUT2D eigenvalue weighted by molar-refractivity contribution is -0.386. The van der Waals surface area contributed by atoms with Gasteiger partial charge in [0.25, 0.3) is 5.69 Å². The van der Waals surface area contributed by atoms with Crippen molar-refractivity contribution in [2.24, 2.45) is 0 Å². The van der Waals surface area contributed by atoms with E-state index in [1.807, 2.05) is 0 Å². The molecule has 1 amide bonds. The fourth-order valence-corrected chi connectivity index (χ4v) is 2.07. The Labute approximate surface area is 98.4 Å². The first-order valence-corrected chi connectivity index (χ1v) is 5.39. The highest BCUT2D eigenvalue weighted by molar-refractivity contribution is 5.52. The number of amides is 1. The third-order valence-electron chi connectivity index (χ3n) is 2.91. The number of para-hydroxylation sites is 1. The summed E-state index contributed by atoms with van der Waals surface area (Å²) in [5.41, 5.74) is 0.643. The minimum atomic E-state index is -0.410. The summed E-state index contributed by atoms with van der Waals surface area (Å²) in [6.45, 7) is 1.83. The molecule has 1 unspecified atom stereocenters. The topological polar surface area (TPSA) is 75.5 Å². The highest BCUT2D eigenvalue weighted by atomic mass is 16.6. The van der Waals surface area contributed by atoms with E-state index in [2.05, 4.69) is 5.32 Å². The Morgan fingerprint density at radius 3 is 2.94 bits per heavy atom. The van der Waals surface area contributed by atoms with Gasteiger partial charge in [0.2, 0.25) is 6.41 Å². The second-order valence-corrected chi connectivity index (χ2v) is 3.88. The fourth-order valence-electron chi connectivity index (χ4n) is 2.07. The molecule has 90 valence electrons. The van der Waals surface area contributed by atoms with Gasteiger partial charge in [-0.3, -0.25) is 14.9 Å². The lowest BCUT2D eigenvalue weighted by atomic mass is 10.0. The summed E-state index contributed by atoms with van der Waals surface area (Å²) in [5, 5.41) is 14.1. The van der Waals surface area contributed by atoms with Crippen molar-refractivity contribution in [2.45, 2.75) is 6.04 Å². The zero-order valence-corrected chi connectivity index (χ0v) is 9.20. The molecule has 1 aliphatic rings. The lowest BCUT2D eigenvalue weighted by Crippen LogP contribution is -2.45. The number of piperazine rings is 1. The van der Waals surface area contributed by atoms with Gasteiger partial charge < -0.3 is 10.2 Å². The van der Waals surface area contributed by atoms with Crippen molar-refractivity contribution in [1.82, 2.24) is 10.2 Å². The van der Waals surface area contributed by atoms with E-state index in [9.17, 15) is 14.9 Å². The molecule has 1 atom stereocenters. The Bertz CT molecular complexity index is 436. The van der Waals surface area contributed by atoms with E-state index in [1.165, 1.54) is 6.07 Å². The molecule has 0 aromatic heterocycles. The summed E-state index contributed by atoms with van der Waals surface area (Å²) in [6.07, 6.45) is 0.752. The van der Waals surface area contributed by atoms with Crippen LogP contribution in [-0.4, -0.2) is 35.9 Å². The van der Waals surface area contributed by atoms with E-state index in [1.54, 1.807) is 23.1 Å². The Morgan fingerprint density at radius 1 is 1.47 bits per heavy atom. The van der Waals surface area contributed by atoms with Crippen molar-refractivity contribution < 1.29 is 9.72 Å². The number of carbonyl (C=O) groups excluding carboxylic acids is 1. The van der Waals surface area contributed by atoms with Gasteiger partial charge in [0.05, 0.1) is 16.5 Å². The van der Waals surface area contributed by atoms with Gasteiger partial charge in [-0.05, 0) is 0 Å². The quantitative estimate of drug-likeness (QED) is 0.475. The second kappa shape index (κ2) is 4.92.